The second-order valence-electron chi connectivity index (χ2n) is 0.732. The molecule has 0 unspecified atom stereocenters. The van der Waals surface area contributed by atoms with Crippen molar-refractivity contribution in [2.24, 2.45) is 16.5 Å². The Kier molecular flexibility index (Phi) is 12.9. The van der Waals surface area contributed by atoms with Gasteiger partial charge in [0, 0.05) is 7.05 Å². The van der Waals surface area contributed by atoms with Crippen molar-refractivity contribution in [1.82, 2.24) is 0 Å². The molecule has 0 aromatic heterocycles. The van der Waals surface area contributed by atoms with Gasteiger partial charge in [-0.2, -0.15) is 0 Å². The van der Waals surface area contributed by atoms with Crippen LogP contribution in [0.3, 0.4) is 0 Å². The molecule has 0 aliphatic heterocycles. The Hall–Kier alpha value is -0.416. The molecule has 8 heavy (non-hydrogen) atoms. The summed E-state index contributed by atoms with van der Waals surface area (Å²) in [6.07, 6.45) is 0. The zero-order valence-electron chi connectivity index (χ0n) is 4.42. The number of guanidine groups is 1. The summed E-state index contributed by atoms with van der Waals surface area (Å²) in [5.74, 6) is 0.130. The van der Waals surface area contributed by atoms with Crippen molar-refractivity contribution >= 4 is 5.96 Å². The zero-order valence-corrected chi connectivity index (χ0v) is 5.98. The molecule has 46 valence electrons. The fourth-order valence-electron chi connectivity index (χ4n) is 0. The SMILES string of the molecule is CN=C(N)N.[O]=[Ti]=[O]. The fourth-order valence-corrected chi connectivity index (χ4v) is 0. The summed E-state index contributed by atoms with van der Waals surface area (Å²) in [6.45, 7) is 0. The van der Waals surface area contributed by atoms with Gasteiger partial charge in [0.1, 0.15) is 0 Å². The third kappa shape index (κ3) is 46.8. The quantitative estimate of drug-likeness (QED) is 0.255. The number of hydrogen-bond donors (Lipinski definition) is 2. The van der Waals surface area contributed by atoms with Crippen molar-refractivity contribution in [3.8, 4) is 0 Å². The molecule has 0 bridgehead atoms. The number of aliphatic imine (C=N–C) groups is 1. The zero-order chi connectivity index (χ0) is 6.99. The van der Waals surface area contributed by atoms with E-state index in [4.69, 9.17) is 18.1 Å². The summed E-state index contributed by atoms with van der Waals surface area (Å²) in [7, 11) is 1.54. The molecule has 0 aliphatic carbocycles. The molecule has 0 aliphatic rings. The Bertz CT molecular complexity index is 102. The number of rotatable bonds is 0. The van der Waals surface area contributed by atoms with Crippen molar-refractivity contribution in [2.75, 3.05) is 7.05 Å². The van der Waals surface area contributed by atoms with Crippen molar-refractivity contribution in [3.63, 3.8) is 0 Å². The van der Waals surface area contributed by atoms with Crippen LogP contribution in [-0.2, 0) is 25.7 Å². The summed E-state index contributed by atoms with van der Waals surface area (Å²) in [6, 6.07) is 0. The van der Waals surface area contributed by atoms with Gasteiger partial charge in [-0.05, 0) is 0 Å². The molecule has 0 saturated carbocycles. The minimum atomic E-state index is -2.00. The van der Waals surface area contributed by atoms with Crippen LogP contribution in [0, 0.1) is 0 Å². The molecule has 0 rings (SSSR count). The van der Waals surface area contributed by atoms with E-state index in [-0.39, 0.29) is 5.96 Å². The first-order chi connectivity index (χ1) is 3.68. The summed E-state index contributed by atoms with van der Waals surface area (Å²) in [5, 5.41) is 0. The van der Waals surface area contributed by atoms with E-state index < -0.39 is 19.1 Å². The van der Waals surface area contributed by atoms with E-state index in [1.54, 1.807) is 0 Å². The van der Waals surface area contributed by atoms with Gasteiger partial charge in [-0.1, -0.05) is 0 Å². The first-order valence-corrected chi connectivity index (χ1v) is 2.93. The normalized spacial score (nSPS) is 5.12. The Morgan fingerprint density at radius 1 is 1.50 bits per heavy atom. The molecule has 0 radical (unpaired) electrons. The fraction of sp³-hybridized carbons (Fsp3) is 0.500. The molecule has 0 heterocycles. The first kappa shape index (κ1) is 10.5. The molecular weight excluding hydrogens is 146 g/mol. The van der Waals surface area contributed by atoms with Crippen LogP contribution in [0.2, 0.25) is 0 Å². The molecule has 0 saturated heterocycles. The van der Waals surface area contributed by atoms with Crippen LogP contribution >= 0.6 is 0 Å². The van der Waals surface area contributed by atoms with Gasteiger partial charge >= 0.3 is 25.7 Å². The van der Waals surface area contributed by atoms with E-state index in [0.29, 0.717) is 0 Å². The molecule has 4 N–H and O–H groups in total. The van der Waals surface area contributed by atoms with Crippen LogP contribution in [-0.4, -0.2) is 13.0 Å². The molecule has 0 atom stereocenters. The van der Waals surface area contributed by atoms with Gasteiger partial charge < -0.3 is 11.5 Å². The van der Waals surface area contributed by atoms with Gasteiger partial charge in [0.2, 0.25) is 0 Å². The Balaban J connectivity index is 0. The van der Waals surface area contributed by atoms with Crippen LogP contribution in [0.4, 0.5) is 0 Å². The van der Waals surface area contributed by atoms with E-state index in [1.165, 1.54) is 7.05 Å². The predicted octanol–water partition coefficient (Wildman–Crippen LogP) is -1.35. The van der Waals surface area contributed by atoms with Gasteiger partial charge in [0.15, 0.2) is 5.96 Å². The Morgan fingerprint density at radius 2 is 1.62 bits per heavy atom. The first-order valence-electron chi connectivity index (χ1n) is 1.66. The molecular formula is C2H7N3O2Ti. The van der Waals surface area contributed by atoms with Crippen molar-refractivity contribution < 1.29 is 25.7 Å². The number of nitrogens with two attached hydrogens (primary N) is 2. The van der Waals surface area contributed by atoms with Crippen LogP contribution in [0.1, 0.15) is 0 Å². The molecule has 0 spiro atoms. The summed E-state index contributed by atoms with van der Waals surface area (Å²) in [5.41, 5.74) is 9.64. The van der Waals surface area contributed by atoms with Crippen LogP contribution in [0.15, 0.2) is 4.99 Å². The molecule has 6 heteroatoms. The van der Waals surface area contributed by atoms with Gasteiger partial charge in [0.05, 0.1) is 0 Å². The molecule has 0 aromatic rings. The second kappa shape index (κ2) is 9.77. The van der Waals surface area contributed by atoms with Crippen LogP contribution in [0.25, 0.3) is 0 Å². The Labute approximate surface area is 55.7 Å². The minimum absolute atomic E-state index is 0.130. The topological polar surface area (TPSA) is 98.5 Å². The van der Waals surface area contributed by atoms with Gasteiger partial charge in [-0.25, -0.2) is 0 Å². The third-order valence-electron chi connectivity index (χ3n) is 0.258. The summed E-state index contributed by atoms with van der Waals surface area (Å²) >= 11 is -2.00. The van der Waals surface area contributed by atoms with Crippen molar-refractivity contribution in [1.29, 1.82) is 0 Å². The number of nitrogens with zero attached hydrogens (tertiary/aromatic N) is 1. The van der Waals surface area contributed by atoms with Crippen LogP contribution in [0.5, 0.6) is 0 Å². The second-order valence-corrected chi connectivity index (χ2v) is 0.992. The molecule has 0 aromatic carbocycles. The van der Waals surface area contributed by atoms with Crippen molar-refractivity contribution in [2.45, 2.75) is 0 Å². The monoisotopic (exact) mass is 153 g/mol. The molecule has 0 amide bonds. The third-order valence-corrected chi connectivity index (χ3v) is 0.258. The van der Waals surface area contributed by atoms with E-state index in [0.717, 1.165) is 0 Å². The van der Waals surface area contributed by atoms with E-state index in [9.17, 15) is 0 Å². The van der Waals surface area contributed by atoms with Gasteiger partial charge in [-0.3, -0.25) is 4.99 Å². The summed E-state index contributed by atoms with van der Waals surface area (Å²) in [4.78, 5) is 3.36. The van der Waals surface area contributed by atoms with E-state index in [1.807, 2.05) is 0 Å². The average molecular weight is 153 g/mol. The maximum atomic E-state index is 8.50. The Morgan fingerprint density at radius 3 is 1.62 bits per heavy atom. The summed E-state index contributed by atoms with van der Waals surface area (Å²) < 4.78 is 17.0. The van der Waals surface area contributed by atoms with E-state index in [2.05, 4.69) is 4.99 Å². The average Bonchev–Trinajstić information content (AvgIpc) is 1.69. The van der Waals surface area contributed by atoms with E-state index >= 15 is 0 Å². The number of hydrogen-bond acceptors (Lipinski definition) is 3. The van der Waals surface area contributed by atoms with Crippen molar-refractivity contribution in [3.05, 3.63) is 0 Å². The maximum absolute atomic E-state index is 8.50. The van der Waals surface area contributed by atoms with Gasteiger partial charge in [-0.15, -0.1) is 0 Å². The van der Waals surface area contributed by atoms with Gasteiger partial charge in [0.25, 0.3) is 0 Å². The molecule has 0 fully saturated rings. The standard InChI is InChI=1S/C2H7N3.2O.Ti/c1-5-2(3)4;;;/h1H3,(H4,3,4,5);;;. The van der Waals surface area contributed by atoms with Crippen LogP contribution < -0.4 is 11.5 Å². The molecule has 5 nitrogen and oxygen atoms in total. The predicted molar refractivity (Wildman–Crippen MR) is 23.1 cm³/mol.